The number of hydrogen-bond donors (Lipinski definition) is 4. The molecule has 0 aromatic heterocycles. The molecule has 5 N–H and O–H groups in total. The Kier molecular flexibility index (Phi) is 40.0. The van der Waals surface area contributed by atoms with Crippen LogP contribution in [-0.2, 0) is 84.7 Å². The predicted octanol–water partition coefficient (Wildman–Crippen LogP) is 8.40. The maximum atomic E-state index is 15.1. The zero-order chi connectivity index (χ0) is 86.6. The fraction of sp³-hybridized carbons (Fsp3) is 0.694. The first-order chi connectivity index (χ1) is 54.7. The quantitative estimate of drug-likeness (QED) is 0.0274. The van der Waals surface area contributed by atoms with Gasteiger partial charge in [-0.3, -0.25) is 67.3 Å². The van der Waals surface area contributed by atoms with Crippen molar-refractivity contribution in [1.82, 2.24) is 45.3 Å². The number of halogens is 1. The molecule has 31 heteroatoms. The molecule has 2 saturated heterocycles. The van der Waals surface area contributed by atoms with E-state index in [1.807, 2.05) is 74.4 Å². The van der Waals surface area contributed by atoms with E-state index < -0.39 is 119 Å². The van der Waals surface area contributed by atoms with E-state index in [9.17, 15) is 66.7 Å². The number of methoxy groups -OCH3 is 3. The van der Waals surface area contributed by atoms with Gasteiger partial charge in [0.15, 0.2) is 28.9 Å². The predicted molar refractivity (Wildman–Crippen MR) is 437 cm³/mol. The molecule has 1 aliphatic carbocycles. The average Bonchev–Trinajstić information content (AvgIpc) is 1.61. The van der Waals surface area contributed by atoms with Crippen molar-refractivity contribution in [2.24, 2.45) is 52.6 Å². The van der Waals surface area contributed by atoms with Crippen molar-refractivity contribution in [1.29, 1.82) is 0 Å². The lowest BCUT2D eigenvalue weighted by Gasteiger charge is -2.41. The highest BCUT2D eigenvalue weighted by Gasteiger charge is 2.49. The minimum absolute atomic E-state index is 0.00547. The molecule has 2 aliphatic heterocycles. The van der Waals surface area contributed by atoms with Gasteiger partial charge in [-0.15, -0.1) is 11.8 Å². The molecule has 3 fully saturated rings. The molecule has 1 unspecified atom stereocenters. The lowest BCUT2D eigenvalue weighted by molar-refractivity contribution is -0.149. The molecule has 1 saturated carbocycles. The summed E-state index contributed by atoms with van der Waals surface area (Å²) in [4.78, 5) is 198. The summed E-state index contributed by atoms with van der Waals surface area (Å²) in [5.41, 5.74) is 6.47. The van der Waals surface area contributed by atoms with Gasteiger partial charge in [-0.1, -0.05) is 106 Å². The molecular formula is C85H131FN10O19S. The van der Waals surface area contributed by atoms with Gasteiger partial charge in [-0.25, -0.2) is 14.0 Å². The number of likely N-dealkylation sites (N-methyl/N-ethyl adjacent to an activating group) is 4. The Labute approximate surface area is 689 Å². The maximum Gasteiger partial charge on any atom is 0.409 e. The fourth-order valence-corrected chi connectivity index (χ4v) is 16.9. The van der Waals surface area contributed by atoms with Crippen molar-refractivity contribution in [3.8, 4) is 5.75 Å². The molecule has 116 heavy (non-hydrogen) atoms. The minimum atomic E-state index is -1.05. The van der Waals surface area contributed by atoms with Crippen molar-refractivity contribution in [3.05, 3.63) is 65.0 Å². The van der Waals surface area contributed by atoms with E-state index in [-0.39, 0.29) is 172 Å². The van der Waals surface area contributed by atoms with Gasteiger partial charge >= 0.3 is 12.2 Å². The number of nitrogens with two attached hydrogens (primary N) is 1. The highest BCUT2D eigenvalue weighted by molar-refractivity contribution is 8.00. The van der Waals surface area contributed by atoms with Crippen molar-refractivity contribution in [2.45, 2.75) is 232 Å². The van der Waals surface area contributed by atoms with Gasteiger partial charge in [0.05, 0.1) is 74.2 Å². The van der Waals surface area contributed by atoms with Gasteiger partial charge < -0.3 is 65.0 Å². The smallest absolute Gasteiger partial charge is 0.409 e. The van der Waals surface area contributed by atoms with E-state index in [1.54, 1.807) is 50.2 Å². The van der Waals surface area contributed by atoms with Crippen LogP contribution in [0.3, 0.4) is 0 Å². The fourth-order valence-electron chi connectivity index (χ4n) is 15.4. The summed E-state index contributed by atoms with van der Waals surface area (Å²) < 4.78 is 43.5. The molecule has 29 nitrogen and oxygen atoms in total. The molecule has 0 bridgehead atoms. The van der Waals surface area contributed by atoms with E-state index in [0.29, 0.717) is 61.8 Å². The van der Waals surface area contributed by atoms with Crippen LogP contribution in [0, 0.1) is 52.7 Å². The lowest BCUT2D eigenvalue weighted by atomic mass is 9.83. The van der Waals surface area contributed by atoms with Crippen LogP contribution in [0.5, 0.6) is 5.75 Å². The Morgan fingerprint density at radius 2 is 1.37 bits per heavy atom. The van der Waals surface area contributed by atoms with Crippen LogP contribution in [-0.4, -0.2) is 262 Å². The number of nitrogens with zero attached hydrogens (tertiary/aromatic N) is 6. The van der Waals surface area contributed by atoms with Crippen molar-refractivity contribution >= 4 is 94.3 Å². The number of primary amides is 1. The molecule has 0 spiro atoms. The summed E-state index contributed by atoms with van der Waals surface area (Å²) in [7, 11) is 14.0. The van der Waals surface area contributed by atoms with E-state index in [1.165, 1.54) is 78.9 Å². The Morgan fingerprint density at radius 3 is 1.94 bits per heavy atom. The molecular weight excluding hydrogens is 1520 g/mol. The summed E-state index contributed by atoms with van der Waals surface area (Å²) in [6.45, 7) is 16.3. The summed E-state index contributed by atoms with van der Waals surface area (Å²) in [5.74, 6) is -7.22. The number of amides is 10. The van der Waals surface area contributed by atoms with Crippen LogP contribution in [0.4, 0.5) is 14.0 Å². The second kappa shape index (κ2) is 47.2. The van der Waals surface area contributed by atoms with Crippen LogP contribution in [0.1, 0.15) is 193 Å². The van der Waals surface area contributed by atoms with Gasteiger partial charge in [0, 0.05) is 137 Å². The van der Waals surface area contributed by atoms with Gasteiger partial charge in [0.25, 0.3) is 0 Å². The van der Waals surface area contributed by atoms with Crippen LogP contribution >= 0.6 is 11.8 Å². The third kappa shape index (κ3) is 29.3. The second-order valence-corrected chi connectivity index (χ2v) is 34.3. The Bertz CT molecular complexity index is 3680. The van der Waals surface area contributed by atoms with Crippen LogP contribution < -0.4 is 26.4 Å². The summed E-state index contributed by atoms with van der Waals surface area (Å²) >= 11 is 1.45. The number of ketones is 4. The van der Waals surface area contributed by atoms with E-state index in [2.05, 4.69) is 16.0 Å². The third-order valence-electron chi connectivity index (χ3n) is 23.0. The number of imide groups is 1. The van der Waals surface area contributed by atoms with Gasteiger partial charge in [0.2, 0.25) is 47.3 Å². The molecule has 2 aromatic carbocycles. The second-order valence-electron chi connectivity index (χ2n) is 33.1. The molecule has 2 heterocycles. The number of likely N-dealkylation sites (tertiary alicyclic amines) is 2. The topological polar surface area (TPSA) is 367 Å². The molecule has 10 amide bonds. The number of rotatable bonds is 52. The number of hydrogen-bond acceptors (Lipinski definition) is 21. The molecule has 5 rings (SSSR count). The largest absolute Gasteiger partial charge is 0.494 e. The zero-order valence-electron chi connectivity index (χ0n) is 71.7. The van der Waals surface area contributed by atoms with Crippen molar-refractivity contribution < 1.29 is 95.2 Å². The Morgan fingerprint density at radius 1 is 0.733 bits per heavy atom. The Hall–Kier alpha value is -8.42. The number of thioether (sulfide) groups is 1. The number of carbonyl (C=O) groups is 14. The summed E-state index contributed by atoms with van der Waals surface area (Å²) in [6, 6.07) is 7.54. The van der Waals surface area contributed by atoms with Gasteiger partial charge in [-0.05, 0) is 111 Å². The number of carbonyl (C=O) groups excluding carboxylic acids is 14. The zero-order valence-corrected chi connectivity index (χ0v) is 72.5. The molecule has 12 atom stereocenters. The number of Topliss-reactive ketones (excluding diaryl/α,β-unsaturated/α-hetero) is 4. The third-order valence-corrected chi connectivity index (χ3v) is 24.6. The van der Waals surface area contributed by atoms with Gasteiger partial charge in [0.1, 0.15) is 18.5 Å². The van der Waals surface area contributed by atoms with E-state index in [0.717, 1.165) is 18.9 Å². The first kappa shape index (κ1) is 98.2. The van der Waals surface area contributed by atoms with Crippen LogP contribution in [0.25, 0.3) is 0 Å². The monoisotopic (exact) mass is 1650 g/mol. The van der Waals surface area contributed by atoms with E-state index in [4.69, 9.17) is 29.4 Å². The molecule has 0 radical (unpaired) electrons. The highest BCUT2D eigenvalue weighted by Crippen LogP contribution is 2.52. The SMILES string of the molecule is CC[C@H](C)[C@@H]([C@@H](CC(=O)N1C[C@@H](OC(=O)N(C)CCN(C)C(=O)OCc2ccc(CC(=O)[C@H](CCCCC(N)=O)NC(=O)[C@@H](CC(=O)CCCCCN3C(=O)CC(SCC4(CC(=O)NC)CC4)C3=O)C(C)C)cc2)C[C@H]1[C@H](OC)[C@@H](C)C(=O)NCC(=O)c1ccc(OC)c(F)c1)OC)N(C)C(=O)[C@@H](CC(=O)[C@H](C(C)C)N(C)C)C(C)C. The number of unbranched alkanes of at least 4 members (excludes halogenated alkanes) is 3. The van der Waals surface area contributed by atoms with Crippen molar-refractivity contribution in [2.75, 3.05) is 102 Å². The number of nitrogens with one attached hydrogen (secondary N) is 3. The van der Waals surface area contributed by atoms with Gasteiger partial charge in [-0.2, -0.15) is 0 Å². The van der Waals surface area contributed by atoms with Crippen LogP contribution in [0.2, 0.25) is 0 Å². The Balaban J connectivity index is 1.19. The average molecular weight is 1650 g/mol. The van der Waals surface area contributed by atoms with E-state index >= 15 is 4.79 Å². The lowest BCUT2D eigenvalue weighted by Crippen LogP contribution is -2.54. The van der Waals surface area contributed by atoms with Crippen LogP contribution in [0.15, 0.2) is 42.5 Å². The maximum absolute atomic E-state index is 15.1. The first-order valence-corrected chi connectivity index (χ1v) is 41.9. The summed E-state index contributed by atoms with van der Waals surface area (Å²) in [5, 5.41) is 7.73. The molecule has 3 aliphatic rings. The van der Waals surface area contributed by atoms with Crippen molar-refractivity contribution in [3.63, 3.8) is 0 Å². The normalized spacial score (nSPS) is 18.1. The minimum Gasteiger partial charge on any atom is -0.494 e. The number of benzene rings is 2. The standard InChI is InChI=1S/C85H131FN10O19S/c1-19-54(8)77(94(15)81(107)62(52(4)5)43-67(99)76(53(6)7)91(11)12)70(112-17)44-74(103)96-48-60(42-65(96)78(113-18)55(9)79(105)89-47-68(100)58-32-33-69(111-16)63(86)40-58)115-84(110)93(14)38-37-92(13)83(109)114-49-57-30-28-56(29-31-57)39-66(98)64(26-22-23-27-72(87)101)90-80(106)61(51(2)3)41-59(97)25-21-20-24-36-95-75(104)45-71(82(95)108)116-50-85(34-35-85)46-73(102)88-10/h28-33,40,51-55,60-62,64-65,70-71,76-78H,19-27,34-39,41-50H2,1-18H3,(H2,87,101)(H,88,102)(H,89,105)(H,90,106)/t54-,55+,60-,61-,62-,64-,65-,70+,71?,76-,77-,78+/m0/s1. The molecule has 2 aromatic rings. The number of ether oxygens (including phenoxy) is 5. The molecule has 648 valence electrons. The summed E-state index contributed by atoms with van der Waals surface area (Å²) in [6.07, 6.45) is 0.993. The highest BCUT2D eigenvalue weighted by atomic mass is 32.2. The first-order valence-electron chi connectivity index (χ1n) is 40.9.